The summed E-state index contributed by atoms with van der Waals surface area (Å²) in [7, 11) is 0. The Kier molecular flexibility index (Phi) is 3.85. The molecule has 0 saturated carbocycles. The number of benzene rings is 2. The molecule has 18 heavy (non-hydrogen) atoms. The van der Waals surface area contributed by atoms with Crippen LogP contribution in [-0.4, -0.2) is 11.7 Å². The van der Waals surface area contributed by atoms with Crippen molar-refractivity contribution >= 4 is 5.69 Å². The third kappa shape index (κ3) is 3.02. The Morgan fingerprint density at radius 1 is 1.17 bits per heavy atom. The van der Waals surface area contributed by atoms with Crippen LogP contribution in [0.3, 0.4) is 0 Å². The Bertz CT molecular complexity index is 518. The minimum absolute atomic E-state index is 0.107. The highest BCUT2D eigenvalue weighted by molar-refractivity contribution is 5.49. The van der Waals surface area contributed by atoms with Crippen molar-refractivity contribution in [3.05, 3.63) is 53.6 Å². The second kappa shape index (κ2) is 5.56. The molecule has 94 valence electrons. The van der Waals surface area contributed by atoms with Crippen LogP contribution in [0.15, 0.2) is 42.5 Å². The molecule has 2 aromatic carbocycles. The van der Waals surface area contributed by atoms with Gasteiger partial charge in [0, 0.05) is 18.4 Å². The molecule has 0 fully saturated rings. The van der Waals surface area contributed by atoms with Crippen LogP contribution < -0.4 is 10.5 Å². The van der Waals surface area contributed by atoms with E-state index in [1.54, 1.807) is 6.07 Å². The molecule has 0 aliphatic rings. The predicted molar refractivity (Wildman–Crippen MR) is 72.9 cm³/mol. The van der Waals surface area contributed by atoms with Crippen molar-refractivity contribution in [3.63, 3.8) is 0 Å². The summed E-state index contributed by atoms with van der Waals surface area (Å²) >= 11 is 0. The van der Waals surface area contributed by atoms with E-state index in [1.165, 1.54) is 0 Å². The van der Waals surface area contributed by atoms with Crippen LogP contribution in [0.25, 0.3) is 0 Å². The zero-order valence-corrected chi connectivity index (χ0v) is 10.4. The molecular formula is C15H17NO2. The minimum atomic E-state index is 0.107. The first-order valence-corrected chi connectivity index (χ1v) is 5.93. The molecule has 0 bridgehead atoms. The van der Waals surface area contributed by atoms with Crippen molar-refractivity contribution in [3.8, 4) is 11.5 Å². The molecule has 0 aromatic heterocycles. The van der Waals surface area contributed by atoms with Crippen LogP contribution in [0.5, 0.6) is 11.5 Å². The molecule has 3 N–H and O–H groups in total. The second-order valence-electron chi connectivity index (χ2n) is 4.26. The van der Waals surface area contributed by atoms with Crippen molar-refractivity contribution in [1.82, 2.24) is 0 Å². The van der Waals surface area contributed by atoms with E-state index in [-0.39, 0.29) is 6.61 Å². The normalized spacial score (nSPS) is 10.3. The highest BCUT2D eigenvalue weighted by Crippen LogP contribution is 2.27. The van der Waals surface area contributed by atoms with E-state index in [0.29, 0.717) is 12.1 Å². The Morgan fingerprint density at radius 3 is 2.67 bits per heavy atom. The van der Waals surface area contributed by atoms with E-state index in [2.05, 4.69) is 0 Å². The fourth-order valence-electron chi connectivity index (χ4n) is 1.89. The van der Waals surface area contributed by atoms with E-state index in [9.17, 15) is 0 Å². The van der Waals surface area contributed by atoms with Gasteiger partial charge < -0.3 is 15.6 Å². The van der Waals surface area contributed by atoms with Crippen LogP contribution in [0, 0.1) is 6.92 Å². The summed E-state index contributed by atoms with van der Waals surface area (Å²) in [6.07, 6.45) is 0.581. The largest absolute Gasteiger partial charge is 0.457 e. The lowest BCUT2D eigenvalue weighted by Crippen LogP contribution is -1.96. The van der Waals surface area contributed by atoms with Crippen LogP contribution in [0.4, 0.5) is 5.69 Å². The maximum absolute atomic E-state index is 9.02. The molecule has 3 nitrogen and oxygen atoms in total. The Hall–Kier alpha value is -2.00. The van der Waals surface area contributed by atoms with Crippen LogP contribution in [0.2, 0.25) is 0 Å². The van der Waals surface area contributed by atoms with Crippen LogP contribution in [-0.2, 0) is 6.42 Å². The average Bonchev–Trinajstić information content (AvgIpc) is 2.30. The van der Waals surface area contributed by atoms with Crippen molar-refractivity contribution in [2.75, 3.05) is 12.3 Å². The molecule has 0 aliphatic carbocycles. The number of nitrogens with two attached hydrogens (primary N) is 1. The molecule has 2 rings (SSSR count). The van der Waals surface area contributed by atoms with Crippen molar-refractivity contribution < 1.29 is 9.84 Å². The predicted octanol–water partition coefficient (Wildman–Crippen LogP) is 2.90. The monoisotopic (exact) mass is 243 g/mol. The van der Waals surface area contributed by atoms with Gasteiger partial charge in [0.2, 0.25) is 0 Å². The van der Waals surface area contributed by atoms with E-state index in [4.69, 9.17) is 15.6 Å². The molecule has 0 atom stereocenters. The molecule has 0 aliphatic heterocycles. The van der Waals surface area contributed by atoms with Crippen molar-refractivity contribution in [2.45, 2.75) is 13.3 Å². The number of hydrogen-bond acceptors (Lipinski definition) is 3. The fourth-order valence-corrected chi connectivity index (χ4v) is 1.89. The highest BCUT2D eigenvalue weighted by Gasteiger charge is 2.04. The Balaban J connectivity index is 2.27. The van der Waals surface area contributed by atoms with Gasteiger partial charge in [-0.25, -0.2) is 0 Å². The van der Waals surface area contributed by atoms with Crippen LogP contribution in [0.1, 0.15) is 11.1 Å². The number of aryl methyl sites for hydroxylation is 1. The van der Waals surface area contributed by atoms with Gasteiger partial charge in [0.25, 0.3) is 0 Å². The number of ether oxygens (including phenoxy) is 1. The van der Waals surface area contributed by atoms with Crippen molar-refractivity contribution in [1.29, 1.82) is 0 Å². The lowest BCUT2D eigenvalue weighted by atomic mass is 10.1. The van der Waals surface area contributed by atoms with Gasteiger partial charge in [-0.3, -0.25) is 0 Å². The lowest BCUT2D eigenvalue weighted by Gasteiger charge is -2.11. The quantitative estimate of drug-likeness (QED) is 0.812. The second-order valence-corrected chi connectivity index (χ2v) is 4.26. The summed E-state index contributed by atoms with van der Waals surface area (Å²) in [6.45, 7) is 2.08. The van der Waals surface area contributed by atoms with Gasteiger partial charge in [0.15, 0.2) is 0 Å². The summed E-state index contributed by atoms with van der Waals surface area (Å²) in [5, 5.41) is 9.02. The summed E-state index contributed by atoms with van der Waals surface area (Å²) in [6, 6.07) is 13.3. The maximum Gasteiger partial charge on any atom is 0.130 e. The van der Waals surface area contributed by atoms with E-state index in [0.717, 1.165) is 22.6 Å². The molecule has 0 amide bonds. The summed E-state index contributed by atoms with van der Waals surface area (Å²) in [4.78, 5) is 0. The third-order valence-electron chi connectivity index (χ3n) is 2.65. The molecule has 0 spiro atoms. The molecule has 2 aromatic rings. The maximum atomic E-state index is 9.02. The third-order valence-corrected chi connectivity index (χ3v) is 2.65. The zero-order chi connectivity index (χ0) is 13.0. The van der Waals surface area contributed by atoms with Gasteiger partial charge in [0.1, 0.15) is 11.5 Å². The van der Waals surface area contributed by atoms with Gasteiger partial charge in [-0.2, -0.15) is 0 Å². The average molecular weight is 243 g/mol. The molecule has 0 radical (unpaired) electrons. The SMILES string of the molecule is Cc1cc(N)cc(Oc2ccccc2CCO)c1. The first-order chi connectivity index (χ1) is 8.69. The Morgan fingerprint density at radius 2 is 1.94 bits per heavy atom. The number of para-hydroxylation sites is 1. The number of anilines is 1. The fraction of sp³-hybridized carbons (Fsp3) is 0.200. The smallest absolute Gasteiger partial charge is 0.130 e. The number of rotatable bonds is 4. The molecule has 0 saturated heterocycles. The molecule has 3 heteroatoms. The van der Waals surface area contributed by atoms with Gasteiger partial charge in [-0.05, 0) is 42.7 Å². The van der Waals surface area contributed by atoms with Gasteiger partial charge in [-0.1, -0.05) is 18.2 Å². The number of aliphatic hydroxyl groups excluding tert-OH is 1. The standard InChI is InChI=1S/C15H17NO2/c1-11-8-13(16)10-14(9-11)18-15-5-3-2-4-12(15)6-7-17/h2-5,8-10,17H,6-7,16H2,1H3. The first-order valence-electron chi connectivity index (χ1n) is 5.93. The van der Waals surface area contributed by atoms with Gasteiger partial charge in [0.05, 0.1) is 0 Å². The van der Waals surface area contributed by atoms with E-state index < -0.39 is 0 Å². The summed E-state index contributed by atoms with van der Waals surface area (Å²) in [5.41, 5.74) is 8.52. The number of aliphatic hydroxyl groups is 1. The minimum Gasteiger partial charge on any atom is -0.457 e. The zero-order valence-electron chi connectivity index (χ0n) is 10.4. The summed E-state index contributed by atoms with van der Waals surface area (Å²) in [5.74, 6) is 1.48. The first kappa shape index (κ1) is 12.5. The summed E-state index contributed by atoms with van der Waals surface area (Å²) < 4.78 is 5.83. The molecular weight excluding hydrogens is 226 g/mol. The van der Waals surface area contributed by atoms with Crippen molar-refractivity contribution in [2.24, 2.45) is 0 Å². The van der Waals surface area contributed by atoms with E-state index in [1.807, 2.05) is 43.3 Å². The molecule has 0 unspecified atom stereocenters. The topological polar surface area (TPSA) is 55.5 Å². The number of nitrogen functional groups attached to an aromatic ring is 1. The van der Waals surface area contributed by atoms with Gasteiger partial charge >= 0.3 is 0 Å². The highest BCUT2D eigenvalue weighted by atomic mass is 16.5. The number of hydrogen-bond donors (Lipinski definition) is 2. The Labute approximate surface area is 107 Å². The van der Waals surface area contributed by atoms with E-state index >= 15 is 0 Å². The van der Waals surface area contributed by atoms with Crippen LogP contribution >= 0.6 is 0 Å². The molecule has 0 heterocycles. The van der Waals surface area contributed by atoms with Gasteiger partial charge in [-0.15, -0.1) is 0 Å². The lowest BCUT2D eigenvalue weighted by molar-refractivity contribution is 0.298.